The Balaban J connectivity index is 1.97. The first-order chi connectivity index (χ1) is 10.2. The van der Waals surface area contributed by atoms with Crippen molar-refractivity contribution in [3.8, 4) is 0 Å². The van der Waals surface area contributed by atoms with Gasteiger partial charge in [-0.25, -0.2) is 0 Å². The quantitative estimate of drug-likeness (QED) is 0.668. The number of nitrogens with one attached hydrogen (secondary N) is 1. The van der Waals surface area contributed by atoms with E-state index in [1.807, 2.05) is 4.40 Å². The molecule has 7 nitrogen and oxygen atoms in total. The van der Waals surface area contributed by atoms with Gasteiger partial charge in [0.05, 0.1) is 12.4 Å². The second-order valence-electron chi connectivity index (χ2n) is 4.82. The summed E-state index contributed by atoms with van der Waals surface area (Å²) in [4.78, 5) is 26.2. The van der Waals surface area contributed by atoms with Crippen LogP contribution in [0.4, 0.5) is 0 Å². The molecule has 1 aliphatic rings. The predicted molar refractivity (Wildman–Crippen MR) is 77.6 cm³/mol. The second-order valence-corrected chi connectivity index (χ2v) is 5.76. The van der Waals surface area contributed by atoms with E-state index in [0.29, 0.717) is 17.5 Å². The number of H-pyrrole nitrogens is 1. The Kier molecular flexibility index (Phi) is 3.96. The molecule has 8 heteroatoms. The van der Waals surface area contributed by atoms with Gasteiger partial charge in [0.2, 0.25) is 5.78 Å². The third kappa shape index (κ3) is 2.67. The average Bonchev–Trinajstić information content (AvgIpc) is 2.89. The van der Waals surface area contributed by atoms with Crippen molar-refractivity contribution in [3.63, 3.8) is 0 Å². The minimum atomic E-state index is -0.280. The number of thioether (sulfide) groups is 1. The average molecular weight is 308 g/mol. The van der Waals surface area contributed by atoms with Crippen molar-refractivity contribution in [1.29, 1.82) is 0 Å². The van der Waals surface area contributed by atoms with Crippen molar-refractivity contribution < 1.29 is 9.53 Å². The molecule has 0 saturated carbocycles. The molecule has 0 aliphatic heterocycles. The number of aromatic nitrogens is 4. The Labute approximate surface area is 125 Å². The van der Waals surface area contributed by atoms with E-state index >= 15 is 0 Å². The van der Waals surface area contributed by atoms with E-state index in [9.17, 15) is 9.59 Å². The molecule has 0 bridgehead atoms. The standard InChI is InChI=1S/C13H16N4O3S/c1-2-20-10(18)7-21-13-16-15-12-14-11(19)8-5-3-4-6-9(8)17(12)13/h2-7H2,1H3,(H,14,15,19). The Morgan fingerprint density at radius 3 is 3.00 bits per heavy atom. The number of hydrogen-bond acceptors (Lipinski definition) is 6. The smallest absolute Gasteiger partial charge is 0.316 e. The maximum atomic E-state index is 12.0. The molecular formula is C13H16N4O3S. The highest BCUT2D eigenvalue weighted by atomic mass is 32.2. The lowest BCUT2D eigenvalue weighted by molar-refractivity contribution is -0.139. The molecule has 0 amide bonds. The normalized spacial score (nSPS) is 14.1. The fraction of sp³-hybridized carbons (Fsp3) is 0.538. The summed E-state index contributed by atoms with van der Waals surface area (Å²) >= 11 is 1.28. The SMILES string of the molecule is CCOC(=O)CSc1nnc2[nH]c(=O)c3c(n12)CCCC3. The van der Waals surface area contributed by atoms with Gasteiger partial charge < -0.3 is 4.74 Å². The van der Waals surface area contributed by atoms with Gasteiger partial charge in [-0.2, -0.15) is 0 Å². The van der Waals surface area contributed by atoms with Crippen LogP contribution >= 0.6 is 11.8 Å². The molecule has 0 radical (unpaired) electrons. The van der Waals surface area contributed by atoms with E-state index in [4.69, 9.17) is 4.74 Å². The summed E-state index contributed by atoms with van der Waals surface area (Å²) < 4.78 is 6.77. The summed E-state index contributed by atoms with van der Waals surface area (Å²) in [6.45, 7) is 2.14. The van der Waals surface area contributed by atoms with E-state index in [1.165, 1.54) is 11.8 Å². The van der Waals surface area contributed by atoms with Crippen molar-refractivity contribution in [2.75, 3.05) is 12.4 Å². The minimum absolute atomic E-state index is 0.0773. The molecule has 1 N–H and O–H groups in total. The monoisotopic (exact) mass is 308 g/mol. The molecule has 0 saturated heterocycles. The van der Waals surface area contributed by atoms with Gasteiger partial charge in [-0.05, 0) is 32.6 Å². The van der Waals surface area contributed by atoms with E-state index in [2.05, 4.69) is 15.2 Å². The van der Waals surface area contributed by atoms with Crippen LogP contribution in [0.2, 0.25) is 0 Å². The molecular weight excluding hydrogens is 292 g/mol. The number of ether oxygens (including phenoxy) is 1. The molecule has 2 aromatic rings. The fourth-order valence-electron chi connectivity index (χ4n) is 2.57. The summed E-state index contributed by atoms with van der Waals surface area (Å²) in [6, 6.07) is 0. The van der Waals surface area contributed by atoms with Crippen LogP contribution in [0.15, 0.2) is 9.95 Å². The predicted octanol–water partition coefficient (Wildman–Crippen LogP) is 0.952. The molecule has 21 heavy (non-hydrogen) atoms. The number of hydrogen-bond donors (Lipinski definition) is 1. The molecule has 3 rings (SSSR count). The molecule has 0 aromatic carbocycles. The summed E-state index contributed by atoms with van der Waals surface area (Å²) in [5, 5.41) is 8.69. The number of carbonyl (C=O) groups excluding carboxylic acids is 1. The zero-order chi connectivity index (χ0) is 14.8. The number of aromatic amines is 1. The number of rotatable bonds is 4. The van der Waals surface area contributed by atoms with E-state index in [-0.39, 0.29) is 17.3 Å². The molecule has 2 heterocycles. The Morgan fingerprint density at radius 2 is 2.19 bits per heavy atom. The van der Waals surface area contributed by atoms with Crippen LogP contribution in [-0.2, 0) is 22.4 Å². The number of fused-ring (bicyclic) bond motifs is 3. The van der Waals surface area contributed by atoms with Gasteiger partial charge in [-0.3, -0.25) is 19.0 Å². The largest absolute Gasteiger partial charge is 0.465 e. The van der Waals surface area contributed by atoms with Crippen LogP contribution in [0.25, 0.3) is 5.78 Å². The van der Waals surface area contributed by atoms with Crippen molar-refractivity contribution in [2.24, 2.45) is 0 Å². The number of aryl methyl sites for hydroxylation is 1. The molecule has 0 fully saturated rings. The van der Waals surface area contributed by atoms with E-state index < -0.39 is 0 Å². The second kappa shape index (κ2) is 5.88. The zero-order valence-electron chi connectivity index (χ0n) is 11.7. The molecule has 0 unspecified atom stereocenters. The fourth-order valence-corrected chi connectivity index (χ4v) is 3.33. The van der Waals surface area contributed by atoms with Gasteiger partial charge in [-0.1, -0.05) is 11.8 Å². The highest BCUT2D eigenvalue weighted by Gasteiger charge is 2.20. The molecule has 2 aromatic heterocycles. The van der Waals surface area contributed by atoms with Crippen molar-refractivity contribution in [1.82, 2.24) is 19.6 Å². The highest BCUT2D eigenvalue weighted by molar-refractivity contribution is 7.99. The third-order valence-corrected chi connectivity index (χ3v) is 4.37. The number of carbonyl (C=O) groups is 1. The summed E-state index contributed by atoms with van der Waals surface area (Å²) in [5.74, 6) is 0.340. The van der Waals surface area contributed by atoms with Gasteiger partial charge in [-0.15, -0.1) is 10.2 Å². The number of nitrogens with zero attached hydrogens (tertiary/aromatic N) is 3. The van der Waals surface area contributed by atoms with E-state index in [0.717, 1.165) is 36.9 Å². The lowest BCUT2D eigenvalue weighted by atomic mass is 9.97. The Morgan fingerprint density at radius 1 is 1.38 bits per heavy atom. The van der Waals surface area contributed by atoms with Crippen LogP contribution in [0.1, 0.15) is 31.0 Å². The van der Waals surface area contributed by atoms with Gasteiger partial charge in [0.25, 0.3) is 5.56 Å². The van der Waals surface area contributed by atoms with Crippen molar-refractivity contribution in [2.45, 2.75) is 37.8 Å². The van der Waals surface area contributed by atoms with Crippen molar-refractivity contribution >= 4 is 23.5 Å². The maximum absolute atomic E-state index is 12.0. The van der Waals surface area contributed by atoms with Crippen LogP contribution in [0.3, 0.4) is 0 Å². The Hall–Kier alpha value is -1.83. The first kappa shape index (κ1) is 14.1. The van der Waals surface area contributed by atoms with E-state index in [1.54, 1.807) is 6.92 Å². The van der Waals surface area contributed by atoms with Gasteiger partial charge in [0.15, 0.2) is 5.16 Å². The maximum Gasteiger partial charge on any atom is 0.316 e. The third-order valence-electron chi connectivity index (χ3n) is 3.47. The summed E-state index contributed by atoms with van der Waals surface area (Å²) in [7, 11) is 0. The molecule has 0 spiro atoms. The first-order valence-electron chi connectivity index (χ1n) is 6.98. The Bertz CT molecular complexity index is 737. The molecule has 1 aliphatic carbocycles. The lowest BCUT2D eigenvalue weighted by Gasteiger charge is -2.16. The summed E-state index contributed by atoms with van der Waals surface area (Å²) in [6.07, 6.45) is 3.68. The topological polar surface area (TPSA) is 89.3 Å². The van der Waals surface area contributed by atoms with Gasteiger partial charge in [0, 0.05) is 11.3 Å². The van der Waals surface area contributed by atoms with Crippen LogP contribution in [-0.4, -0.2) is 37.9 Å². The van der Waals surface area contributed by atoms with Crippen LogP contribution in [0, 0.1) is 0 Å². The number of esters is 1. The molecule has 0 atom stereocenters. The van der Waals surface area contributed by atoms with Gasteiger partial charge >= 0.3 is 5.97 Å². The highest BCUT2D eigenvalue weighted by Crippen LogP contribution is 2.23. The van der Waals surface area contributed by atoms with Crippen LogP contribution in [0.5, 0.6) is 0 Å². The molecule has 112 valence electrons. The first-order valence-corrected chi connectivity index (χ1v) is 7.97. The summed E-state index contributed by atoms with van der Waals surface area (Å²) in [5.41, 5.74) is 1.70. The minimum Gasteiger partial charge on any atom is -0.465 e. The lowest BCUT2D eigenvalue weighted by Crippen LogP contribution is -2.23. The van der Waals surface area contributed by atoms with Crippen molar-refractivity contribution in [3.05, 3.63) is 21.6 Å². The zero-order valence-corrected chi connectivity index (χ0v) is 12.5. The van der Waals surface area contributed by atoms with Gasteiger partial charge in [0.1, 0.15) is 0 Å². The van der Waals surface area contributed by atoms with Crippen LogP contribution < -0.4 is 5.56 Å².